The van der Waals surface area contributed by atoms with Crippen molar-refractivity contribution >= 4 is 26.7 Å². The number of hydrogen-bond donors (Lipinski definition) is 0. The summed E-state index contributed by atoms with van der Waals surface area (Å²) in [5, 5.41) is 2.37. The van der Waals surface area contributed by atoms with Crippen molar-refractivity contribution in [2.75, 3.05) is 0 Å². The SMILES string of the molecule is Fc1cccc2cccc(CBr)c12. The first-order chi connectivity index (χ1) is 6.33. The van der Waals surface area contributed by atoms with E-state index < -0.39 is 0 Å². The maximum absolute atomic E-state index is 13.4. The van der Waals surface area contributed by atoms with E-state index in [2.05, 4.69) is 15.9 Å². The molecular formula is C11H8BrF. The largest absolute Gasteiger partial charge is 0.206 e. The second-order valence-electron chi connectivity index (χ2n) is 2.89. The summed E-state index contributed by atoms with van der Waals surface area (Å²) in [6, 6.07) is 10.9. The van der Waals surface area contributed by atoms with Crippen molar-refractivity contribution in [3.05, 3.63) is 47.8 Å². The highest BCUT2D eigenvalue weighted by Crippen LogP contribution is 2.23. The monoisotopic (exact) mass is 238 g/mol. The first-order valence-electron chi connectivity index (χ1n) is 4.05. The third-order valence-electron chi connectivity index (χ3n) is 2.08. The molecule has 0 saturated heterocycles. The molecule has 0 aliphatic rings. The average Bonchev–Trinajstić information content (AvgIpc) is 2.17. The van der Waals surface area contributed by atoms with Gasteiger partial charge in [-0.25, -0.2) is 4.39 Å². The van der Waals surface area contributed by atoms with Crippen molar-refractivity contribution in [3.63, 3.8) is 0 Å². The zero-order chi connectivity index (χ0) is 9.26. The predicted octanol–water partition coefficient (Wildman–Crippen LogP) is 3.87. The van der Waals surface area contributed by atoms with Gasteiger partial charge in [0.1, 0.15) is 5.82 Å². The number of halogens is 2. The molecule has 0 unspecified atom stereocenters. The molecule has 0 fully saturated rings. The molecule has 2 rings (SSSR count). The number of fused-ring (bicyclic) bond motifs is 1. The zero-order valence-corrected chi connectivity index (χ0v) is 8.51. The molecule has 0 atom stereocenters. The molecule has 0 heterocycles. The summed E-state index contributed by atoms with van der Waals surface area (Å²) in [6.45, 7) is 0. The van der Waals surface area contributed by atoms with Gasteiger partial charge in [-0.15, -0.1) is 0 Å². The van der Waals surface area contributed by atoms with Gasteiger partial charge in [0.2, 0.25) is 0 Å². The van der Waals surface area contributed by atoms with Gasteiger partial charge in [0.25, 0.3) is 0 Å². The minimum atomic E-state index is -0.146. The number of benzene rings is 2. The Kier molecular flexibility index (Phi) is 2.32. The Morgan fingerprint density at radius 2 is 1.77 bits per heavy atom. The lowest BCUT2D eigenvalue weighted by molar-refractivity contribution is 0.639. The molecule has 2 aromatic carbocycles. The van der Waals surface area contributed by atoms with Gasteiger partial charge in [0.15, 0.2) is 0 Å². The predicted molar refractivity (Wildman–Crippen MR) is 56.5 cm³/mol. The van der Waals surface area contributed by atoms with Crippen molar-refractivity contribution in [3.8, 4) is 0 Å². The Morgan fingerprint density at radius 1 is 1.08 bits per heavy atom. The van der Waals surface area contributed by atoms with Crippen LogP contribution < -0.4 is 0 Å². The van der Waals surface area contributed by atoms with Gasteiger partial charge in [-0.05, 0) is 17.0 Å². The van der Waals surface area contributed by atoms with E-state index in [-0.39, 0.29) is 5.82 Å². The smallest absolute Gasteiger partial charge is 0.131 e. The van der Waals surface area contributed by atoms with Crippen LogP contribution in [0.5, 0.6) is 0 Å². The maximum atomic E-state index is 13.4. The number of hydrogen-bond acceptors (Lipinski definition) is 0. The molecular weight excluding hydrogens is 231 g/mol. The van der Waals surface area contributed by atoms with Gasteiger partial charge < -0.3 is 0 Å². The van der Waals surface area contributed by atoms with Gasteiger partial charge in [0, 0.05) is 10.7 Å². The second kappa shape index (κ2) is 3.46. The lowest BCUT2D eigenvalue weighted by Gasteiger charge is -2.03. The van der Waals surface area contributed by atoms with Crippen LogP contribution in [0.4, 0.5) is 4.39 Å². The Morgan fingerprint density at radius 3 is 2.46 bits per heavy atom. The van der Waals surface area contributed by atoms with Crippen molar-refractivity contribution in [2.24, 2.45) is 0 Å². The summed E-state index contributed by atoms with van der Waals surface area (Å²) >= 11 is 3.35. The molecule has 0 aromatic heterocycles. The fourth-order valence-corrected chi connectivity index (χ4v) is 1.95. The molecule has 0 aliphatic heterocycles. The van der Waals surface area contributed by atoms with E-state index in [1.54, 1.807) is 6.07 Å². The summed E-state index contributed by atoms with van der Waals surface area (Å²) in [4.78, 5) is 0. The van der Waals surface area contributed by atoms with E-state index in [4.69, 9.17) is 0 Å². The van der Waals surface area contributed by atoms with Crippen LogP contribution >= 0.6 is 15.9 Å². The van der Waals surface area contributed by atoms with Crippen LogP contribution in [0.3, 0.4) is 0 Å². The summed E-state index contributed by atoms with van der Waals surface area (Å²) < 4.78 is 13.4. The van der Waals surface area contributed by atoms with E-state index >= 15 is 0 Å². The first-order valence-corrected chi connectivity index (χ1v) is 5.17. The molecule has 2 aromatic rings. The highest BCUT2D eigenvalue weighted by Gasteiger charge is 2.03. The third kappa shape index (κ3) is 1.46. The van der Waals surface area contributed by atoms with Crippen LogP contribution in [-0.2, 0) is 5.33 Å². The van der Waals surface area contributed by atoms with Gasteiger partial charge in [-0.2, -0.15) is 0 Å². The van der Waals surface area contributed by atoms with E-state index in [1.165, 1.54) is 6.07 Å². The number of rotatable bonds is 1. The molecule has 0 spiro atoms. The highest BCUT2D eigenvalue weighted by atomic mass is 79.9. The molecule has 0 aliphatic carbocycles. The van der Waals surface area contributed by atoms with E-state index in [1.807, 2.05) is 24.3 Å². The Bertz CT molecular complexity index is 432. The van der Waals surface area contributed by atoms with Gasteiger partial charge in [-0.3, -0.25) is 0 Å². The normalized spacial score (nSPS) is 10.6. The molecule has 0 amide bonds. The molecule has 13 heavy (non-hydrogen) atoms. The quantitative estimate of drug-likeness (QED) is 0.662. The summed E-state index contributed by atoms with van der Waals surface area (Å²) in [5.74, 6) is -0.146. The zero-order valence-electron chi connectivity index (χ0n) is 6.93. The average molecular weight is 239 g/mol. The molecule has 0 nitrogen and oxygen atoms in total. The van der Waals surface area contributed by atoms with E-state index in [0.717, 1.165) is 16.3 Å². The Labute approximate surface area is 84.5 Å². The first kappa shape index (κ1) is 8.70. The van der Waals surface area contributed by atoms with E-state index in [9.17, 15) is 4.39 Å². The summed E-state index contributed by atoms with van der Waals surface area (Å²) in [7, 11) is 0. The second-order valence-corrected chi connectivity index (χ2v) is 3.45. The third-order valence-corrected chi connectivity index (χ3v) is 2.69. The Hall–Kier alpha value is -0.890. The van der Waals surface area contributed by atoms with Crippen molar-refractivity contribution in [1.82, 2.24) is 0 Å². The van der Waals surface area contributed by atoms with Crippen LogP contribution in [0.1, 0.15) is 5.56 Å². The van der Waals surface area contributed by atoms with Crippen LogP contribution in [0, 0.1) is 5.82 Å². The molecule has 66 valence electrons. The molecule has 0 saturated carbocycles. The van der Waals surface area contributed by atoms with Gasteiger partial charge in [0.05, 0.1) is 0 Å². The number of alkyl halides is 1. The molecule has 0 radical (unpaired) electrons. The topological polar surface area (TPSA) is 0 Å². The van der Waals surface area contributed by atoms with Gasteiger partial charge >= 0.3 is 0 Å². The Balaban J connectivity index is 2.87. The highest BCUT2D eigenvalue weighted by molar-refractivity contribution is 9.08. The van der Waals surface area contributed by atoms with Crippen LogP contribution in [0.25, 0.3) is 10.8 Å². The lowest BCUT2D eigenvalue weighted by atomic mass is 10.1. The van der Waals surface area contributed by atoms with Gasteiger partial charge in [-0.1, -0.05) is 46.3 Å². The molecule has 0 N–H and O–H groups in total. The lowest BCUT2D eigenvalue weighted by Crippen LogP contribution is -1.85. The summed E-state index contributed by atoms with van der Waals surface area (Å²) in [6.07, 6.45) is 0. The van der Waals surface area contributed by atoms with Crippen molar-refractivity contribution < 1.29 is 4.39 Å². The standard InChI is InChI=1S/C11H8BrF/c12-7-9-5-1-3-8-4-2-6-10(13)11(8)9/h1-6H,7H2. The van der Waals surface area contributed by atoms with Crippen molar-refractivity contribution in [2.45, 2.75) is 5.33 Å². The fraction of sp³-hybridized carbons (Fsp3) is 0.0909. The summed E-state index contributed by atoms with van der Waals surface area (Å²) in [5.41, 5.74) is 0.996. The van der Waals surface area contributed by atoms with Crippen LogP contribution in [-0.4, -0.2) is 0 Å². The molecule has 2 heteroatoms. The van der Waals surface area contributed by atoms with Crippen molar-refractivity contribution in [1.29, 1.82) is 0 Å². The minimum absolute atomic E-state index is 0.146. The van der Waals surface area contributed by atoms with Crippen LogP contribution in [0.15, 0.2) is 36.4 Å². The molecule has 0 bridgehead atoms. The van der Waals surface area contributed by atoms with E-state index in [0.29, 0.717) is 5.33 Å². The fourth-order valence-electron chi connectivity index (χ4n) is 1.48. The van der Waals surface area contributed by atoms with Crippen LogP contribution in [0.2, 0.25) is 0 Å². The minimum Gasteiger partial charge on any atom is -0.206 e. The maximum Gasteiger partial charge on any atom is 0.131 e.